The van der Waals surface area contributed by atoms with Crippen LogP contribution in [0, 0.1) is 5.92 Å². The molecular weight excluding hydrogens is 1550 g/mol. The highest BCUT2D eigenvalue weighted by molar-refractivity contribution is 7.47. The number of unbranched alkanes of at least 4 members (excludes halogenated alkanes) is 48. The molecule has 0 aromatic heterocycles. The summed E-state index contributed by atoms with van der Waals surface area (Å²) in [5.74, 6) is -2.28. The largest absolute Gasteiger partial charge is 0.472 e. The van der Waals surface area contributed by atoms with Crippen molar-refractivity contribution < 1.29 is 122 Å². The summed E-state index contributed by atoms with van der Waals surface area (Å²) < 4.78 is 73.6. The summed E-state index contributed by atoms with van der Waals surface area (Å²) in [7, 11) is -5.81. The first-order chi connectivity index (χ1) is 57.6. The van der Waals surface area contributed by atoms with E-state index in [1.807, 2.05) is 0 Å². The van der Waals surface area contributed by atoms with E-state index in [0.29, 0.717) is 38.0 Å². The number of phosphoric ester groups is 1. The highest BCUT2D eigenvalue weighted by Gasteiger charge is 2.60. The van der Waals surface area contributed by atoms with Gasteiger partial charge in [-0.3, -0.25) is 28.2 Å². The third-order valence-corrected chi connectivity index (χ3v) is 24.9. The van der Waals surface area contributed by atoms with Crippen LogP contribution in [0.4, 0.5) is 0 Å². The molecule has 19 atom stereocenters. The van der Waals surface area contributed by atoms with Crippen LogP contribution >= 0.6 is 7.82 Å². The first-order valence-electron chi connectivity index (χ1n) is 48.3. The van der Waals surface area contributed by atoms with E-state index in [1.165, 1.54) is 180 Å². The molecular formula is C93H173O25P. The molecule has 0 radical (unpaired) electrons. The van der Waals surface area contributed by atoms with Gasteiger partial charge in [-0.25, -0.2) is 4.57 Å². The molecule has 2 saturated heterocycles. The van der Waals surface area contributed by atoms with Crippen molar-refractivity contribution in [1.82, 2.24) is 0 Å². The minimum absolute atomic E-state index is 0.0108. The van der Waals surface area contributed by atoms with Gasteiger partial charge in [0.25, 0.3) is 0 Å². The van der Waals surface area contributed by atoms with Gasteiger partial charge >= 0.3 is 31.7 Å². The lowest BCUT2D eigenvalue weighted by Gasteiger charge is -2.50. The second-order valence-electron chi connectivity index (χ2n) is 34.9. The lowest BCUT2D eigenvalue weighted by Crippen LogP contribution is -2.70. The highest BCUT2D eigenvalue weighted by atomic mass is 31.2. The predicted octanol–water partition coefficient (Wildman–Crippen LogP) is 18.2. The SMILES string of the molecule is CCCCCC/C=C\CCCCCCCCCC(=O)OCC1OC(OC2C(OC(=O)CCCCCCCCCCCCCCCCCC)C(O)C(O)C(OC3OC(CO)C(O)C(O)C3O)C2OP(=O)(O)OCC(COC(=O)CCCCCCCCCCCCCCC)OC(=O)CCCCCCCCC(C)CCCCCCCC)C(O)C(O)C1O. The number of carbonyl (C=O) groups is 4. The molecule has 0 bridgehead atoms. The summed E-state index contributed by atoms with van der Waals surface area (Å²) in [5.41, 5.74) is 0. The average molecular weight is 1720 g/mol. The summed E-state index contributed by atoms with van der Waals surface area (Å²) in [4.78, 5) is 66.6. The fraction of sp³-hybridized carbons (Fsp3) is 0.935. The van der Waals surface area contributed by atoms with E-state index in [9.17, 15) is 74.6 Å². The second kappa shape index (κ2) is 71.3. The molecule has 19 unspecified atom stereocenters. The van der Waals surface area contributed by atoms with Crippen molar-refractivity contribution in [2.75, 3.05) is 26.4 Å². The Balaban J connectivity index is 1.92. The molecule has 10 N–H and O–H groups in total. The van der Waals surface area contributed by atoms with Crippen molar-refractivity contribution in [3.05, 3.63) is 12.2 Å². The van der Waals surface area contributed by atoms with Gasteiger partial charge in [-0.05, 0) is 57.3 Å². The number of aliphatic hydroxyl groups is 9. The second-order valence-corrected chi connectivity index (χ2v) is 36.3. The molecule has 3 aliphatic rings. The molecule has 700 valence electrons. The Morgan fingerprint density at radius 3 is 1.09 bits per heavy atom. The van der Waals surface area contributed by atoms with Gasteiger partial charge in [0, 0.05) is 25.7 Å². The Morgan fingerprint density at radius 2 is 0.681 bits per heavy atom. The van der Waals surface area contributed by atoms with Crippen molar-refractivity contribution >= 4 is 31.7 Å². The maximum absolute atomic E-state index is 14.9. The number of esters is 4. The number of carbonyl (C=O) groups excluding carboxylic acids is 4. The van der Waals surface area contributed by atoms with Crippen LogP contribution < -0.4 is 0 Å². The van der Waals surface area contributed by atoms with Gasteiger partial charge in [-0.1, -0.05) is 355 Å². The van der Waals surface area contributed by atoms with Crippen molar-refractivity contribution in [1.29, 1.82) is 0 Å². The molecule has 26 heteroatoms. The number of rotatable bonds is 78. The Bertz CT molecular complexity index is 2530. The van der Waals surface area contributed by atoms with E-state index in [1.54, 1.807) is 0 Å². The Morgan fingerprint density at radius 1 is 0.353 bits per heavy atom. The van der Waals surface area contributed by atoms with Crippen LogP contribution in [0.2, 0.25) is 0 Å². The molecule has 0 spiro atoms. The molecule has 3 rings (SSSR count). The smallest absolute Gasteiger partial charge is 0.463 e. The predicted molar refractivity (Wildman–Crippen MR) is 463 cm³/mol. The fourth-order valence-electron chi connectivity index (χ4n) is 16.1. The van der Waals surface area contributed by atoms with E-state index in [0.717, 1.165) is 148 Å². The minimum atomic E-state index is -5.81. The van der Waals surface area contributed by atoms with E-state index in [2.05, 4.69) is 46.8 Å². The van der Waals surface area contributed by atoms with Crippen LogP contribution in [0.3, 0.4) is 0 Å². The molecule has 3 fully saturated rings. The van der Waals surface area contributed by atoms with Crippen molar-refractivity contribution in [3.8, 4) is 0 Å². The van der Waals surface area contributed by atoms with Crippen molar-refractivity contribution in [2.45, 2.75) is 524 Å². The fourth-order valence-corrected chi connectivity index (χ4v) is 17.1. The molecule has 0 aromatic carbocycles. The van der Waals surface area contributed by atoms with Crippen LogP contribution in [0.5, 0.6) is 0 Å². The number of hydrogen-bond donors (Lipinski definition) is 10. The number of aliphatic hydroxyl groups excluding tert-OH is 9. The van der Waals surface area contributed by atoms with Gasteiger partial charge in [-0.2, -0.15) is 0 Å². The Kier molecular flexibility index (Phi) is 66.1. The van der Waals surface area contributed by atoms with E-state index in [-0.39, 0.29) is 25.7 Å². The zero-order chi connectivity index (χ0) is 86.9. The van der Waals surface area contributed by atoms with E-state index >= 15 is 0 Å². The number of allylic oxidation sites excluding steroid dienone is 2. The molecule has 119 heavy (non-hydrogen) atoms. The normalized spacial score (nSPS) is 25.1. The van der Waals surface area contributed by atoms with Crippen LogP contribution in [-0.2, 0) is 70.7 Å². The molecule has 2 heterocycles. The highest BCUT2D eigenvalue weighted by Crippen LogP contribution is 2.49. The molecule has 2 aliphatic heterocycles. The minimum Gasteiger partial charge on any atom is -0.463 e. The van der Waals surface area contributed by atoms with Gasteiger partial charge < -0.3 is 88.7 Å². The van der Waals surface area contributed by atoms with E-state index < -0.39 is 162 Å². The van der Waals surface area contributed by atoms with Crippen LogP contribution in [0.15, 0.2) is 12.2 Å². The standard InChI is InChI=1S/C93H173O25P/c1-6-10-14-18-22-25-28-31-33-35-38-41-44-47-54-61-67-79(98)115-88-84(103)85(104)89(116-92-86(105)82(101)80(99)74(68-94)113-92)91(90(88)117-93-87(106)83(102)81(100)75(114-93)71-110-77(96)65-59-53-46-43-40-37-34-32-29-26-23-19-15-11-7-2)118-119(107,108)111-70-73(69-109-76(95)64-58-52-45-42-39-36-30-27-24-20-16-12-8-3)112-78(97)66-60-55-49-48-51-57-63-72(5)62-56-50-21-17-13-9-4/h26,29,72-75,80-94,99-106H,6-25,27-28,30-71H2,1-5H3,(H,107,108)/b29-26-. The first-order valence-corrected chi connectivity index (χ1v) is 49.8. The number of ether oxygens (including phenoxy) is 8. The third kappa shape index (κ3) is 51.6. The quantitative estimate of drug-likeness (QED) is 0.00889. The monoisotopic (exact) mass is 1720 g/mol. The summed E-state index contributed by atoms with van der Waals surface area (Å²) in [6.45, 7) is 7.94. The van der Waals surface area contributed by atoms with Crippen LogP contribution in [-0.4, -0.2) is 205 Å². The zero-order valence-corrected chi connectivity index (χ0v) is 75.7. The molecule has 0 aromatic rings. The molecule has 25 nitrogen and oxygen atoms in total. The van der Waals surface area contributed by atoms with Crippen molar-refractivity contribution in [2.24, 2.45) is 5.92 Å². The lowest BCUT2D eigenvalue weighted by atomic mass is 9.84. The van der Waals surface area contributed by atoms with E-state index in [4.69, 9.17) is 46.9 Å². The van der Waals surface area contributed by atoms with Crippen molar-refractivity contribution in [3.63, 3.8) is 0 Å². The average Bonchev–Trinajstić information content (AvgIpc) is 0.751. The summed E-state index contributed by atoms with van der Waals surface area (Å²) in [5, 5.41) is 102. The topological polar surface area (TPSA) is 380 Å². The maximum Gasteiger partial charge on any atom is 0.472 e. The van der Waals surface area contributed by atoms with Crippen LogP contribution in [0.1, 0.15) is 420 Å². The summed E-state index contributed by atoms with van der Waals surface area (Å²) in [6.07, 6.45) is 29.0. The first kappa shape index (κ1) is 110. The lowest BCUT2D eigenvalue weighted by molar-refractivity contribution is -0.360. The Labute approximate surface area is 718 Å². The molecule has 0 amide bonds. The maximum atomic E-state index is 14.9. The number of phosphoric acid groups is 1. The van der Waals surface area contributed by atoms with Gasteiger partial charge in [0.1, 0.15) is 92.6 Å². The van der Waals surface area contributed by atoms with Gasteiger partial charge in [0.05, 0.1) is 13.2 Å². The summed E-state index contributed by atoms with van der Waals surface area (Å²) >= 11 is 0. The molecule has 1 saturated carbocycles. The molecule has 1 aliphatic carbocycles. The van der Waals surface area contributed by atoms with Gasteiger partial charge in [0.2, 0.25) is 0 Å². The third-order valence-electron chi connectivity index (χ3n) is 23.9. The Hall–Kier alpha value is -2.79. The number of hydrogen-bond acceptors (Lipinski definition) is 24. The van der Waals surface area contributed by atoms with Gasteiger partial charge in [0.15, 0.2) is 24.8 Å². The zero-order valence-electron chi connectivity index (χ0n) is 74.8. The van der Waals surface area contributed by atoms with Gasteiger partial charge in [-0.15, -0.1) is 0 Å². The van der Waals surface area contributed by atoms with Crippen LogP contribution in [0.25, 0.3) is 0 Å². The summed E-state index contributed by atoms with van der Waals surface area (Å²) in [6, 6.07) is 0.